The fourth-order valence-corrected chi connectivity index (χ4v) is 2.82. The van der Waals surface area contributed by atoms with Crippen molar-refractivity contribution >= 4 is 23.3 Å². The molecule has 0 fully saturated rings. The van der Waals surface area contributed by atoms with Crippen LogP contribution in [-0.4, -0.2) is 24.3 Å². The van der Waals surface area contributed by atoms with Gasteiger partial charge in [0.05, 0.1) is 5.56 Å². The second kappa shape index (κ2) is 8.97. The first kappa shape index (κ1) is 20.0. The first-order valence-corrected chi connectivity index (χ1v) is 9.18. The van der Waals surface area contributed by atoms with Crippen LogP contribution < -0.4 is 5.32 Å². The zero-order chi connectivity index (χ0) is 20.8. The van der Waals surface area contributed by atoms with E-state index >= 15 is 0 Å². The Labute approximate surface area is 169 Å². The number of hydrogen-bond donors (Lipinski definition) is 1. The van der Waals surface area contributed by atoms with Gasteiger partial charge in [0.2, 0.25) is 0 Å². The Morgan fingerprint density at radius 2 is 1.45 bits per heavy atom. The van der Waals surface area contributed by atoms with E-state index in [1.807, 2.05) is 26.0 Å². The molecule has 5 heteroatoms. The standard InChI is InChI=1S/C24H21NO4/c1-16-12-13-18(14-17(16)2)23(27)20-10-6-7-11-21(20)24(28)29-15-22(26)25-19-8-4-3-5-9-19/h3-14H,15H2,1-2H3,(H,25,26). The van der Waals surface area contributed by atoms with E-state index in [9.17, 15) is 14.4 Å². The maximum absolute atomic E-state index is 12.9. The number of carbonyl (C=O) groups is 3. The third-order valence-electron chi connectivity index (χ3n) is 4.55. The summed E-state index contributed by atoms with van der Waals surface area (Å²) >= 11 is 0. The molecule has 0 atom stereocenters. The highest BCUT2D eigenvalue weighted by Crippen LogP contribution is 2.18. The number of rotatable bonds is 6. The van der Waals surface area contributed by atoms with Gasteiger partial charge in [-0.05, 0) is 49.2 Å². The Kier molecular flexibility index (Phi) is 6.19. The molecule has 0 saturated carbocycles. The zero-order valence-electron chi connectivity index (χ0n) is 16.3. The van der Waals surface area contributed by atoms with E-state index in [4.69, 9.17) is 4.74 Å². The number of esters is 1. The lowest BCUT2D eigenvalue weighted by atomic mass is 9.96. The molecule has 0 spiro atoms. The fourth-order valence-electron chi connectivity index (χ4n) is 2.82. The first-order chi connectivity index (χ1) is 14.0. The summed E-state index contributed by atoms with van der Waals surface area (Å²) in [5, 5.41) is 2.64. The number of benzene rings is 3. The summed E-state index contributed by atoms with van der Waals surface area (Å²) in [6.45, 7) is 3.45. The van der Waals surface area contributed by atoms with Crippen molar-refractivity contribution in [1.29, 1.82) is 0 Å². The average Bonchev–Trinajstić information content (AvgIpc) is 2.74. The molecule has 0 heterocycles. The molecular weight excluding hydrogens is 366 g/mol. The molecule has 0 unspecified atom stereocenters. The minimum Gasteiger partial charge on any atom is -0.452 e. The maximum atomic E-state index is 12.9. The van der Waals surface area contributed by atoms with Crippen LogP contribution in [0.15, 0.2) is 72.8 Å². The smallest absolute Gasteiger partial charge is 0.339 e. The van der Waals surface area contributed by atoms with Gasteiger partial charge in [0.15, 0.2) is 12.4 Å². The van der Waals surface area contributed by atoms with Gasteiger partial charge < -0.3 is 10.1 Å². The second-order valence-electron chi connectivity index (χ2n) is 6.66. The van der Waals surface area contributed by atoms with E-state index in [1.165, 1.54) is 6.07 Å². The Morgan fingerprint density at radius 1 is 0.793 bits per heavy atom. The SMILES string of the molecule is Cc1ccc(C(=O)c2ccccc2C(=O)OCC(=O)Nc2ccccc2)cc1C. The molecule has 29 heavy (non-hydrogen) atoms. The van der Waals surface area contributed by atoms with Crippen LogP contribution in [0, 0.1) is 13.8 Å². The zero-order valence-corrected chi connectivity index (χ0v) is 16.3. The molecule has 3 rings (SSSR count). The van der Waals surface area contributed by atoms with Crippen LogP contribution in [0.2, 0.25) is 0 Å². The molecule has 3 aromatic carbocycles. The molecular formula is C24H21NO4. The number of carbonyl (C=O) groups excluding carboxylic acids is 3. The summed E-state index contributed by atoms with van der Waals surface area (Å²) in [7, 11) is 0. The van der Waals surface area contributed by atoms with Crippen LogP contribution in [0.3, 0.4) is 0 Å². The van der Waals surface area contributed by atoms with E-state index in [0.717, 1.165) is 11.1 Å². The molecule has 0 aliphatic carbocycles. The van der Waals surface area contributed by atoms with Gasteiger partial charge in [0.1, 0.15) is 0 Å². The highest BCUT2D eigenvalue weighted by atomic mass is 16.5. The van der Waals surface area contributed by atoms with Gasteiger partial charge >= 0.3 is 5.97 Å². The van der Waals surface area contributed by atoms with E-state index in [1.54, 1.807) is 54.6 Å². The fraction of sp³-hybridized carbons (Fsp3) is 0.125. The van der Waals surface area contributed by atoms with E-state index < -0.39 is 18.5 Å². The molecule has 5 nitrogen and oxygen atoms in total. The van der Waals surface area contributed by atoms with Crippen molar-refractivity contribution in [3.05, 3.63) is 101 Å². The molecule has 0 aliphatic heterocycles. The van der Waals surface area contributed by atoms with Crippen molar-refractivity contribution in [3.63, 3.8) is 0 Å². The lowest BCUT2D eigenvalue weighted by Crippen LogP contribution is -2.22. The minimum absolute atomic E-state index is 0.128. The number of aryl methyl sites for hydroxylation is 2. The lowest BCUT2D eigenvalue weighted by molar-refractivity contribution is -0.119. The van der Waals surface area contributed by atoms with Crippen LogP contribution in [0.25, 0.3) is 0 Å². The Hall–Kier alpha value is -3.73. The van der Waals surface area contributed by atoms with E-state index in [0.29, 0.717) is 11.3 Å². The number of nitrogens with one attached hydrogen (secondary N) is 1. The number of ether oxygens (including phenoxy) is 1. The van der Waals surface area contributed by atoms with E-state index in [2.05, 4.69) is 5.32 Å². The largest absolute Gasteiger partial charge is 0.452 e. The summed E-state index contributed by atoms with van der Waals surface area (Å²) in [6, 6.07) is 20.7. The molecule has 0 bridgehead atoms. The summed E-state index contributed by atoms with van der Waals surface area (Å²) in [4.78, 5) is 37.5. The van der Waals surface area contributed by atoms with Gasteiger partial charge in [0.25, 0.3) is 5.91 Å². The molecule has 1 N–H and O–H groups in total. The van der Waals surface area contributed by atoms with Gasteiger partial charge in [-0.1, -0.05) is 48.5 Å². The Bertz CT molecular complexity index is 1060. The van der Waals surface area contributed by atoms with Crippen molar-refractivity contribution in [3.8, 4) is 0 Å². The molecule has 0 saturated heterocycles. The van der Waals surface area contributed by atoms with Crippen molar-refractivity contribution < 1.29 is 19.1 Å². The number of para-hydroxylation sites is 1. The molecule has 0 radical (unpaired) electrons. The Balaban J connectivity index is 1.72. The molecule has 1 amide bonds. The number of anilines is 1. The van der Waals surface area contributed by atoms with Gasteiger partial charge in [-0.3, -0.25) is 9.59 Å². The minimum atomic E-state index is -0.721. The number of amides is 1. The van der Waals surface area contributed by atoms with Crippen LogP contribution in [-0.2, 0) is 9.53 Å². The quantitative estimate of drug-likeness (QED) is 0.505. The topological polar surface area (TPSA) is 72.5 Å². The van der Waals surface area contributed by atoms with Crippen molar-refractivity contribution in [2.45, 2.75) is 13.8 Å². The normalized spacial score (nSPS) is 10.3. The maximum Gasteiger partial charge on any atom is 0.339 e. The second-order valence-corrected chi connectivity index (χ2v) is 6.66. The number of ketones is 1. The monoisotopic (exact) mass is 387 g/mol. The van der Waals surface area contributed by atoms with Crippen molar-refractivity contribution in [1.82, 2.24) is 0 Å². The highest BCUT2D eigenvalue weighted by molar-refractivity contribution is 6.14. The van der Waals surface area contributed by atoms with Gasteiger partial charge in [-0.2, -0.15) is 0 Å². The average molecular weight is 387 g/mol. The predicted octanol–water partition coefficient (Wildman–Crippen LogP) is 4.33. The van der Waals surface area contributed by atoms with Crippen molar-refractivity contribution in [2.24, 2.45) is 0 Å². The molecule has 0 aliphatic rings. The van der Waals surface area contributed by atoms with Gasteiger partial charge in [-0.25, -0.2) is 4.79 Å². The summed E-state index contributed by atoms with van der Waals surface area (Å²) in [6.07, 6.45) is 0. The predicted molar refractivity (Wildman–Crippen MR) is 111 cm³/mol. The Morgan fingerprint density at radius 3 is 2.14 bits per heavy atom. The third kappa shape index (κ3) is 4.96. The van der Waals surface area contributed by atoms with E-state index in [-0.39, 0.29) is 16.9 Å². The number of hydrogen-bond acceptors (Lipinski definition) is 4. The third-order valence-corrected chi connectivity index (χ3v) is 4.55. The van der Waals surface area contributed by atoms with Gasteiger partial charge in [-0.15, -0.1) is 0 Å². The summed E-state index contributed by atoms with van der Waals surface area (Å²) in [5.74, 6) is -1.45. The van der Waals surface area contributed by atoms with Crippen LogP contribution in [0.1, 0.15) is 37.4 Å². The summed E-state index contributed by atoms with van der Waals surface area (Å²) in [5.41, 5.74) is 3.55. The summed E-state index contributed by atoms with van der Waals surface area (Å²) < 4.78 is 5.13. The first-order valence-electron chi connectivity index (χ1n) is 9.18. The van der Waals surface area contributed by atoms with Crippen LogP contribution in [0.5, 0.6) is 0 Å². The molecule has 146 valence electrons. The molecule has 3 aromatic rings. The lowest BCUT2D eigenvalue weighted by Gasteiger charge is -2.10. The van der Waals surface area contributed by atoms with Crippen LogP contribution in [0.4, 0.5) is 5.69 Å². The molecule has 0 aromatic heterocycles. The highest BCUT2D eigenvalue weighted by Gasteiger charge is 2.20. The van der Waals surface area contributed by atoms with Crippen molar-refractivity contribution in [2.75, 3.05) is 11.9 Å². The van der Waals surface area contributed by atoms with Gasteiger partial charge in [0, 0.05) is 16.8 Å². The van der Waals surface area contributed by atoms with Crippen LogP contribution >= 0.6 is 0 Å².